The zero-order valence-electron chi connectivity index (χ0n) is 15.2. The summed E-state index contributed by atoms with van der Waals surface area (Å²) in [7, 11) is 0. The maximum absolute atomic E-state index is 13.1. The molecule has 0 fully saturated rings. The number of hydrogen-bond donors (Lipinski definition) is 2. The van der Waals surface area contributed by atoms with Gasteiger partial charge in [-0.3, -0.25) is 4.79 Å². The number of benzene rings is 2. The van der Waals surface area contributed by atoms with Crippen LogP contribution in [-0.4, -0.2) is 12.5 Å². The molecule has 0 unspecified atom stereocenters. The number of nitrogens with two attached hydrogens (primary N) is 1. The molecule has 0 spiro atoms. The van der Waals surface area contributed by atoms with E-state index in [0.29, 0.717) is 0 Å². The second-order valence-corrected chi connectivity index (χ2v) is 7.41. The Kier molecular flexibility index (Phi) is 6.16. The predicted octanol–water partition coefficient (Wildman–Crippen LogP) is 4.37. The first-order valence-electron chi connectivity index (χ1n) is 8.74. The van der Waals surface area contributed by atoms with Crippen LogP contribution < -0.4 is 10.6 Å². The van der Waals surface area contributed by atoms with Crippen LogP contribution in [0.2, 0.25) is 0 Å². The van der Waals surface area contributed by atoms with Gasteiger partial charge in [0.1, 0.15) is 6.04 Å². The summed E-state index contributed by atoms with van der Waals surface area (Å²) in [5.41, 5.74) is 1.10. The second kappa shape index (κ2) is 8.58. The number of thiophene rings is 1. The molecule has 3 nitrogen and oxygen atoms in total. The second-order valence-electron chi connectivity index (χ2n) is 6.44. The molecule has 0 aliphatic heterocycles. The van der Waals surface area contributed by atoms with E-state index in [9.17, 15) is 18.0 Å². The van der Waals surface area contributed by atoms with E-state index < -0.39 is 17.6 Å². The summed E-state index contributed by atoms with van der Waals surface area (Å²) in [6.45, 7) is 2.00. The van der Waals surface area contributed by atoms with Crippen molar-refractivity contribution in [2.75, 3.05) is 11.9 Å². The van der Waals surface area contributed by atoms with Crippen LogP contribution in [0, 0.1) is 6.92 Å². The minimum absolute atomic E-state index is 0.00261. The first kappa shape index (κ1) is 20.1. The average Bonchev–Trinajstić information content (AvgIpc) is 3.17. The van der Waals surface area contributed by atoms with Crippen molar-refractivity contribution in [1.29, 1.82) is 0 Å². The van der Waals surface area contributed by atoms with E-state index in [1.165, 1.54) is 18.2 Å². The van der Waals surface area contributed by atoms with Gasteiger partial charge in [-0.15, -0.1) is 11.3 Å². The number of quaternary nitrogens is 1. The van der Waals surface area contributed by atoms with Crippen molar-refractivity contribution in [3.05, 3.63) is 87.6 Å². The summed E-state index contributed by atoms with van der Waals surface area (Å²) in [5.74, 6) is -0.481. The Morgan fingerprint density at radius 3 is 2.43 bits per heavy atom. The first-order valence-corrected chi connectivity index (χ1v) is 9.62. The van der Waals surface area contributed by atoms with Crippen molar-refractivity contribution < 1.29 is 23.3 Å². The number of nitrogens with one attached hydrogen (secondary N) is 1. The van der Waals surface area contributed by atoms with E-state index in [1.807, 2.05) is 54.0 Å². The number of para-hydroxylation sites is 1. The molecule has 0 saturated heterocycles. The van der Waals surface area contributed by atoms with Gasteiger partial charge in [0.15, 0.2) is 6.54 Å². The third kappa shape index (κ3) is 4.99. The van der Waals surface area contributed by atoms with Gasteiger partial charge in [-0.25, -0.2) is 0 Å². The fraction of sp³-hybridized carbons (Fsp3) is 0.190. The molecule has 3 aromatic rings. The first-order chi connectivity index (χ1) is 13.3. The minimum atomic E-state index is -4.52. The highest BCUT2D eigenvalue weighted by molar-refractivity contribution is 7.10. The Hall–Kier alpha value is -2.64. The van der Waals surface area contributed by atoms with E-state index in [2.05, 4.69) is 5.32 Å². The minimum Gasteiger partial charge on any atom is -0.328 e. The highest BCUT2D eigenvalue weighted by Crippen LogP contribution is 2.34. The fourth-order valence-corrected chi connectivity index (χ4v) is 3.77. The number of amides is 1. The fourth-order valence-electron chi connectivity index (χ4n) is 2.92. The summed E-state index contributed by atoms with van der Waals surface area (Å²) in [6.07, 6.45) is -4.52. The molecule has 1 atom stereocenters. The zero-order chi connectivity index (χ0) is 20.1. The third-order valence-corrected chi connectivity index (χ3v) is 5.29. The lowest BCUT2D eigenvalue weighted by atomic mass is 10.0. The smallest absolute Gasteiger partial charge is 0.328 e. The molecule has 3 rings (SSSR count). The summed E-state index contributed by atoms with van der Waals surface area (Å²) in [5, 5.41) is 6.19. The van der Waals surface area contributed by atoms with Crippen LogP contribution in [0.1, 0.15) is 27.6 Å². The van der Waals surface area contributed by atoms with Gasteiger partial charge >= 0.3 is 6.18 Å². The SMILES string of the molecule is Cc1ccc([C@H]([NH2+]CC(=O)Nc2ccccc2C(F)(F)F)c2cccs2)cc1. The molecule has 0 radical (unpaired) electrons. The lowest BCUT2D eigenvalue weighted by Gasteiger charge is -2.16. The van der Waals surface area contributed by atoms with Crippen LogP contribution in [0.3, 0.4) is 0 Å². The molecular formula is C21H20F3N2OS+. The largest absolute Gasteiger partial charge is 0.418 e. The predicted molar refractivity (Wildman–Crippen MR) is 104 cm³/mol. The molecule has 0 saturated carbocycles. The normalized spacial score (nSPS) is 12.6. The standard InChI is InChI=1S/C21H19F3N2OS/c1-14-8-10-15(11-9-14)20(18-7-4-12-28-18)25-13-19(27)26-17-6-3-2-5-16(17)21(22,23)24/h2-12,20,25H,13H2,1H3,(H,26,27)/p+1/t20-/m0/s1. The molecule has 1 aromatic heterocycles. The number of alkyl halides is 3. The van der Waals surface area contributed by atoms with Gasteiger partial charge in [0.05, 0.1) is 16.1 Å². The van der Waals surface area contributed by atoms with Crippen LogP contribution in [0.4, 0.5) is 18.9 Å². The van der Waals surface area contributed by atoms with Crippen LogP contribution >= 0.6 is 11.3 Å². The number of hydrogen-bond acceptors (Lipinski definition) is 2. The molecule has 28 heavy (non-hydrogen) atoms. The highest BCUT2D eigenvalue weighted by Gasteiger charge is 2.33. The van der Waals surface area contributed by atoms with Crippen LogP contribution in [-0.2, 0) is 11.0 Å². The number of rotatable bonds is 6. The maximum Gasteiger partial charge on any atom is 0.418 e. The molecule has 7 heteroatoms. The van der Waals surface area contributed by atoms with Gasteiger partial charge in [0.25, 0.3) is 5.91 Å². The number of carbonyl (C=O) groups is 1. The Morgan fingerprint density at radius 1 is 1.07 bits per heavy atom. The van der Waals surface area contributed by atoms with Gasteiger partial charge < -0.3 is 10.6 Å². The van der Waals surface area contributed by atoms with E-state index >= 15 is 0 Å². The van der Waals surface area contributed by atoms with Crippen molar-refractivity contribution in [2.24, 2.45) is 0 Å². The molecule has 0 aliphatic rings. The summed E-state index contributed by atoms with van der Waals surface area (Å²) in [6, 6.07) is 16.8. The molecule has 3 N–H and O–H groups in total. The quantitative estimate of drug-likeness (QED) is 0.629. The Balaban J connectivity index is 1.72. The molecule has 1 heterocycles. The van der Waals surface area contributed by atoms with Gasteiger partial charge in [-0.1, -0.05) is 48.0 Å². The van der Waals surface area contributed by atoms with Crippen molar-refractivity contribution in [3.8, 4) is 0 Å². The van der Waals surface area contributed by atoms with Crippen molar-refractivity contribution in [2.45, 2.75) is 19.1 Å². The maximum atomic E-state index is 13.1. The van der Waals surface area contributed by atoms with Crippen molar-refractivity contribution in [3.63, 3.8) is 0 Å². The lowest BCUT2D eigenvalue weighted by molar-refractivity contribution is -0.675. The Morgan fingerprint density at radius 2 is 1.79 bits per heavy atom. The number of aryl methyl sites for hydroxylation is 1. The van der Waals surface area contributed by atoms with E-state index in [-0.39, 0.29) is 18.3 Å². The molecule has 1 amide bonds. The summed E-state index contributed by atoms with van der Waals surface area (Å²) < 4.78 is 39.3. The van der Waals surface area contributed by atoms with E-state index in [4.69, 9.17) is 0 Å². The molecular weight excluding hydrogens is 385 g/mol. The van der Waals surface area contributed by atoms with Crippen LogP contribution in [0.5, 0.6) is 0 Å². The van der Waals surface area contributed by atoms with E-state index in [0.717, 1.165) is 22.1 Å². The summed E-state index contributed by atoms with van der Waals surface area (Å²) >= 11 is 1.58. The number of carbonyl (C=O) groups excluding carboxylic acids is 1. The Bertz CT molecular complexity index is 922. The zero-order valence-corrected chi connectivity index (χ0v) is 16.0. The van der Waals surface area contributed by atoms with Crippen molar-refractivity contribution >= 4 is 22.9 Å². The monoisotopic (exact) mass is 405 g/mol. The Labute approximate surface area is 165 Å². The summed E-state index contributed by atoms with van der Waals surface area (Å²) in [4.78, 5) is 13.4. The third-order valence-electron chi connectivity index (χ3n) is 4.33. The lowest BCUT2D eigenvalue weighted by Crippen LogP contribution is -2.87. The highest BCUT2D eigenvalue weighted by atomic mass is 32.1. The number of halogens is 3. The van der Waals surface area contributed by atoms with Gasteiger partial charge in [0, 0.05) is 5.56 Å². The van der Waals surface area contributed by atoms with Crippen LogP contribution in [0.25, 0.3) is 0 Å². The number of anilines is 1. The van der Waals surface area contributed by atoms with Crippen molar-refractivity contribution in [1.82, 2.24) is 0 Å². The van der Waals surface area contributed by atoms with Gasteiger partial charge in [-0.05, 0) is 30.5 Å². The molecule has 2 aromatic carbocycles. The van der Waals surface area contributed by atoms with Gasteiger partial charge in [-0.2, -0.15) is 13.2 Å². The van der Waals surface area contributed by atoms with E-state index in [1.54, 1.807) is 11.3 Å². The average molecular weight is 405 g/mol. The molecule has 0 bridgehead atoms. The topological polar surface area (TPSA) is 45.7 Å². The molecule has 0 aliphatic carbocycles. The van der Waals surface area contributed by atoms with Gasteiger partial charge in [0.2, 0.25) is 0 Å². The van der Waals surface area contributed by atoms with Crippen LogP contribution in [0.15, 0.2) is 66.0 Å². The molecule has 146 valence electrons.